The van der Waals surface area contributed by atoms with Crippen LogP contribution in [0.25, 0.3) is 0 Å². The number of carbonyl (C=O) groups is 1. The smallest absolute Gasteiger partial charge is 0.224 e. The summed E-state index contributed by atoms with van der Waals surface area (Å²) in [4.78, 5) is 12.1. The SMILES string of the molecule is CCS(=O)(=O)c1ccccc1NC(=O)CCCNC(C)C. The number of anilines is 1. The highest BCUT2D eigenvalue weighted by molar-refractivity contribution is 7.91. The van der Waals surface area contributed by atoms with Crippen molar-refractivity contribution in [3.63, 3.8) is 0 Å². The van der Waals surface area contributed by atoms with Crippen LogP contribution in [0.3, 0.4) is 0 Å². The summed E-state index contributed by atoms with van der Waals surface area (Å²) in [7, 11) is -3.34. The molecule has 0 unspecified atom stereocenters. The van der Waals surface area contributed by atoms with Gasteiger partial charge in [-0.1, -0.05) is 32.9 Å². The molecule has 0 atom stereocenters. The van der Waals surface area contributed by atoms with Crippen LogP contribution in [0.4, 0.5) is 5.69 Å². The largest absolute Gasteiger partial charge is 0.325 e. The number of benzene rings is 1. The van der Waals surface area contributed by atoms with Crippen LogP contribution in [-0.4, -0.2) is 32.7 Å². The molecular formula is C15H24N2O3S. The first-order chi connectivity index (χ1) is 9.86. The summed E-state index contributed by atoms with van der Waals surface area (Å²) < 4.78 is 24.0. The van der Waals surface area contributed by atoms with Gasteiger partial charge in [0.1, 0.15) is 0 Å². The number of rotatable bonds is 8. The lowest BCUT2D eigenvalue weighted by atomic mass is 10.2. The van der Waals surface area contributed by atoms with Crippen LogP contribution in [0.2, 0.25) is 0 Å². The minimum Gasteiger partial charge on any atom is -0.325 e. The van der Waals surface area contributed by atoms with Gasteiger partial charge in [-0.3, -0.25) is 4.79 Å². The Morgan fingerprint density at radius 2 is 1.90 bits per heavy atom. The molecule has 0 saturated heterocycles. The molecule has 21 heavy (non-hydrogen) atoms. The van der Waals surface area contributed by atoms with Crippen molar-refractivity contribution in [3.05, 3.63) is 24.3 Å². The van der Waals surface area contributed by atoms with E-state index in [9.17, 15) is 13.2 Å². The van der Waals surface area contributed by atoms with Gasteiger partial charge in [-0.25, -0.2) is 8.42 Å². The molecule has 0 aliphatic rings. The Bertz CT molecular complexity index is 568. The molecule has 0 radical (unpaired) electrons. The topological polar surface area (TPSA) is 75.3 Å². The van der Waals surface area contributed by atoms with Gasteiger partial charge in [0.25, 0.3) is 0 Å². The molecule has 1 rings (SSSR count). The van der Waals surface area contributed by atoms with E-state index in [-0.39, 0.29) is 16.6 Å². The Balaban J connectivity index is 2.65. The van der Waals surface area contributed by atoms with E-state index in [2.05, 4.69) is 10.6 Å². The zero-order chi connectivity index (χ0) is 15.9. The fraction of sp³-hybridized carbons (Fsp3) is 0.533. The average Bonchev–Trinajstić information content (AvgIpc) is 2.44. The minimum atomic E-state index is -3.34. The van der Waals surface area contributed by atoms with E-state index in [1.54, 1.807) is 25.1 Å². The fourth-order valence-electron chi connectivity index (χ4n) is 1.85. The van der Waals surface area contributed by atoms with Crippen LogP contribution >= 0.6 is 0 Å². The lowest BCUT2D eigenvalue weighted by molar-refractivity contribution is -0.116. The standard InChI is InChI=1S/C15H24N2O3S/c1-4-21(19,20)14-9-6-5-8-13(14)17-15(18)10-7-11-16-12(2)3/h5-6,8-9,12,16H,4,7,10-11H2,1-3H3,(H,17,18). The lowest BCUT2D eigenvalue weighted by Crippen LogP contribution is -2.25. The molecular weight excluding hydrogens is 288 g/mol. The van der Waals surface area contributed by atoms with Gasteiger partial charge < -0.3 is 10.6 Å². The predicted molar refractivity (Wildman–Crippen MR) is 85.2 cm³/mol. The van der Waals surface area contributed by atoms with Gasteiger partial charge in [0.05, 0.1) is 16.3 Å². The molecule has 0 spiro atoms. The first kappa shape index (κ1) is 17.7. The van der Waals surface area contributed by atoms with E-state index in [1.807, 2.05) is 13.8 Å². The predicted octanol–water partition coefficient (Wildman–Crippen LogP) is 2.20. The summed E-state index contributed by atoms with van der Waals surface area (Å²) in [5.41, 5.74) is 0.362. The highest BCUT2D eigenvalue weighted by atomic mass is 32.2. The molecule has 118 valence electrons. The summed E-state index contributed by atoms with van der Waals surface area (Å²) in [5.74, 6) is -0.155. The number of carbonyl (C=O) groups excluding carboxylic acids is 1. The van der Waals surface area contributed by atoms with E-state index in [0.29, 0.717) is 24.6 Å². The number of para-hydroxylation sites is 1. The third kappa shape index (κ3) is 5.85. The van der Waals surface area contributed by atoms with Crippen molar-refractivity contribution < 1.29 is 13.2 Å². The molecule has 6 heteroatoms. The van der Waals surface area contributed by atoms with Crippen LogP contribution in [0.1, 0.15) is 33.6 Å². The zero-order valence-corrected chi connectivity index (χ0v) is 13.7. The van der Waals surface area contributed by atoms with Crippen molar-refractivity contribution >= 4 is 21.4 Å². The maximum Gasteiger partial charge on any atom is 0.224 e. The van der Waals surface area contributed by atoms with Gasteiger partial charge in [-0.05, 0) is 25.1 Å². The molecule has 1 aromatic carbocycles. The van der Waals surface area contributed by atoms with E-state index in [4.69, 9.17) is 0 Å². The second kappa shape index (κ2) is 8.14. The van der Waals surface area contributed by atoms with Gasteiger partial charge in [0.15, 0.2) is 9.84 Å². The van der Waals surface area contributed by atoms with Gasteiger partial charge in [0.2, 0.25) is 5.91 Å². The molecule has 0 heterocycles. The van der Waals surface area contributed by atoms with Crippen LogP contribution in [0, 0.1) is 0 Å². The third-order valence-corrected chi connectivity index (χ3v) is 4.80. The van der Waals surface area contributed by atoms with Gasteiger partial charge in [-0.2, -0.15) is 0 Å². The number of nitrogens with one attached hydrogen (secondary N) is 2. The summed E-state index contributed by atoms with van der Waals surface area (Å²) >= 11 is 0. The Morgan fingerprint density at radius 3 is 2.52 bits per heavy atom. The first-order valence-corrected chi connectivity index (χ1v) is 8.87. The van der Waals surface area contributed by atoms with Crippen LogP contribution in [0.15, 0.2) is 29.2 Å². The zero-order valence-electron chi connectivity index (χ0n) is 12.8. The summed E-state index contributed by atoms with van der Waals surface area (Å²) in [5, 5.41) is 5.93. The molecule has 1 aromatic rings. The van der Waals surface area contributed by atoms with E-state index in [1.165, 1.54) is 6.07 Å². The Hall–Kier alpha value is -1.40. The summed E-state index contributed by atoms with van der Waals surface area (Å²) in [6, 6.07) is 6.90. The molecule has 0 bridgehead atoms. The highest BCUT2D eigenvalue weighted by Gasteiger charge is 2.17. The average molecular weight is 312 g/mol. The molecule has 2 N–H and O–H groups in total. The summed E-state index contributed by atoms with van der Waals surface area (Å²) in [6.45, 7) is 6.45. The fourth-order valence-corrected chi connectivity index (χ4v) is 2.90. The second-order valence-electron chi connectivity index (χ2n) is 5.16. The Labute approximate surface area is 127 Å². The normalized spacial score (nSPS) is 11.6. The number of sulfone groups is 1. The van der Waals surface area contributed by atoms with Gasteiger partial charge in [-0.15, -0.1) is 0 Å². The van der Waals surface area contributed by atoms with E-state index < -0.39 is 9.84 Å². The van der Waals surface area contributed by atoms with Crippen LogP contribution < -0.4 is 10.6 Å². The quantitative estimate of drug-likeness (QED) is 0.722. The first-order valence-electron chi connectivity index (χ1n) is 7.22. The molecule has 5 nitrogen and oxygen atoms in total. The number of amides is 1. The maximum atomic E-state index is 12.0. The van der Waals surface area contributed by atoms with Crippen LogP contribution in [-0.2, 0) is 14.6 Å². The van der Waals surface area contributed by atoms with Gasteiger partial charge >= 0.3 is 0 Å². The van der Waals surface area contributed by atoms with E-state index in [0.717, 1.165) is 6.54 Å². The highest BCUT2D eigenvalue weighted by Crippen LogP contribution is 2.22. The molecule has 1 amide bonds. The molecule has 0 aliphatic heterocycles. The van der Waals surface area contributed by atoms with Crippen molar-refractivity contribution in [3.8, 4) is 0 Å². The number of hydrogen-bond donors (Lipinski definition) is 2. The maximum absolute atomic E-state index is 12.0. The van der Waals surface area contributed by atoms with Crippen molar-refractivity contribution in [1.82, 2.24) is 5.32 Å². The number of hydrogen-bond acceptors (Lipinski definition) is 4. The third-order valence-electron chi connectivity index (χ3n) is 3.01. The van der Waals surface area contributed by atoms with Crippen molar-refractivity contribution in [2.45, 2.75) is 44.6 Å². The molecule has 0 saturated carbocycles. The van der Waals surface area contributed by atoms with Gasteiger partial charge in [0, 0.05) is 12.5 Å². The molecule has 0 aromatic heterocycles. The Kier molecular flexibility index (Phi) is 6.84. The monoisotopic (exact) mass is 312 g/mol. The van der Waals surface area contributed by atoms with Crippen molar-refractivity contribution in [1.29, 1.82) is 0 Å². The van der Waals surface area contributed by atoms with Crippen molar-refractivity contribution in [2.24, 2.45) is 0 Å². The van der Waals surface area contributed by atoms with Crippen LogP contribution in [0.5, 0.6) is 0 Å². The second-order valence-corrected chi connectivity index (χ2v) is 7.41. The minimum absolute atomic E-state index is 0.0121. The van der Waals surface area contributed by atoms with Crippen molar-refractivity contribution in [2.75, 3.05) is 17.6 Å². The lowest BCUT2D eigenvalue weighted by Gasteiger charge is -2.11. The summed E-state index contributed by atoms with van der Waals surface area (Å²) in [6.07, 6.45) is 1.08. The molecule has 0 aliphatic carbocycles. The molecule has 0 fully saturated rings. The van der Waals surface area contributed by atoms with E-state index >= 15 is 0 Å². The Morgan fingerprint density at radius 1 is 1.24 bits per heavy atom.